The Morgan fingerprint density at radius 3 is 2.56 bits per heavy atom. The fourth-order valence-electron chi connectivity index (χ4n) is 5.05. The number of rotatable bonds is 7. The van der Waals surface area contributed by atoms with E-state index < -0.39 is 23.6 Å². The largest absolute Gasteiger partial charge is 0.490 e. The summed E-state index contributed by atoms with van der Waals surface area (Å²) < 4.78 is 73.3. The van der Waals surface area contributed by atoms with Crippen LogP contribution in [-0.2, 0) is 10.9 Å². The molecule has 0 saturated carbocycles. The molecule has 4 heterocycles. The van der Waals surface area contributed by atoms with Crippen LogP contribution in [0.2, 0.25) is 5.02 Å². The number of urea groups is 1. The van der Waals surface area contributed by atoms with Crippen molar-refractivity contribution in [2.75, 3.05) is 36.9 Å². The Hall–Kier alpha value is -4.07. The molecule has 0 bridgehead atoms. The monoisotopic (exact) mass is 619 g/mol. The molecule has 3 N–H and O–H groups in total. The average molecular weight is 620 g/mol. The minimum atomic E-state index is -4.72. The van der Waals surface area contributed by atoms with E-state index in [0.717, 1.165) is 25.2 Å². The van der Waals surface area contributed by atoms with Gasteiger partial charge in [-0.05, 0) is 49.2 Å². The molecule has 43 heavy (non-hydrogen) atoms. The van der Waals surface area contributed by atoms with Crippen LogP contribution in [0.1, 0.15) is 18.4 Å². The predicted molar refractivity (Wildman–Crippen MR) is 151 cm³/mol. The van der Waals surface area contributed by atoms with Crippen LogP contribution >= 0.6 is 11.6 Å². The molecule has 2 saturated heterocycles. The highest BCUT2D eigenvalue weighted by atomic mass is 35.5. The second-order valence-corrected chi connectivity index (χ2v) is 10.7. The number of benzene rings is 2. The maximum absolute atomic E-state index is 14.8. The first-order valence-electron chi connectivity index (χ1n) is 13.5. The third-order valence-electron chi connectivity index (χ3n) is 7.35. The van der Waals surface area contributed by atoms with Gasteiger partial charge < -0.3 is 29.8 Å². The summed E-state index contributed by atoms with van der Waals surface area (Å²) >= 11 is 6.18. The molecule has 4 aromatic rings. The number of piperidine rings is 1. The van der Waals surface area contributed by atoms with E-state index in [4.69, 9.17) is 25.8 Å². The van der Waals surface area contributed by atoms with Crippen LogP contribution in [0.15, 0.2) is 54.9 Å². The van der Waals surface area contributed by atoms with Crippen LogP contribution in [-0.4, -0.2) is 59.3 Å². The number of aromatic amines is 1. The Morgan fingerprint density at radius 1 is 1.07 bits per heavy atom. The van der Waals surface area contributed by atoms with Gasteiger partial charge in [-0.3, -0.25) is 4.90 Å². The normalized spacial score (nSPS) is 16.6. The number of nitrogens with zero attached hydrogens (tertiary/aromatic N) is 2. The molecular weight excluding hydrogens is 594 g/mol. The molecular formula is C29H26ClF4N5O4. The topological polar surface area (TPSA) is 101 Å². The Morgan fingerprint density at radius 2 is 1.86 bits per heavy atom. The minimum absolute atomic E-state index is 0.126. The maximum atomic E-state index is 14.8. The molecule has 2 fully saturated rings. The van der Waals surface area contributed by atoms with Gasteiger partial charge in [-0.1, -0.05) is 11.6 Å². The quantitative estimate of drug-likeness (QED) is 0.192. The third kappa shape index (κ3) is 6.48. The Balaban J connectivity index is 1.09. The summed E-state index contributed by atoms with van der Waals surface area (Å²) in [5.74, 6) is -0.663. The molecule has 6 rings (SSSR count). The number of halogens is 5. The summed E-state index contributed by atoms with van der Waals surface area (Å²) in [5.41, 5.74) is -0.866. The number of aromatic nitrogens is 2. The van der Waals surface area contributed by atoms with Gasteiger partial charge in [-0.15, -0.1) is 0 Å². The zero-order valence-corrected chi connectivity index (χ0v) is 23.3. The number of hydrogen-bond donors (Lipinski definition) is 3. The van der Waals surface area contributed by atoms with Crippen LogP contribution in [0.5, 0.6) is 17.2 Å². The average Bonchev–Trinajstić information content (AvgIpc) is 3.32. The second-order valence-electron chi connectivity index (χ2n) is 10.2. The highest BCUT2D eigenvalue weighted by Crippen LogP contribution is 2.39. The smallest absolute Gasteiger partial charge is 0.420 e. The van der Waals surface area contributed by atoms with E-state index >= 15 is 0 Å². The Kier molecular flexibility index (Phi) is 8.03. The van der Waals surface area contributed by atoms with Gasteiger partial charge in [0, 0.05) is 37.2 Å². The van der Waals surface area contributed by atoms with E-state index in [0.29, 0.717) is 53.9 Å². The molecule has 2 aromatic carbocycles. The van der Waals surface area contributed by atoms with Crippen molar-refractivity contribution in [3.8, 4) is 17.2 Å². The molecule has 0 aliphatic carbocycles. The summed E-state index contributed by atoms with van der Waals surface area (Å²) in [5, 5.41) is 5.52. The predicted octanol–water partition coefficient (Wildman–Crippen LogP) is 7.05. The van der Waals surface area contributed by atoms with Crippen molar-refractivity contribution in [1.29, 1.82) is 0 Å². The number of hydrogen-bond acceptors (Lipinski definition) is 6. The first kappa shape index (κ1) is 29.0. The van der Waals surface area contributed by atoms with Crippen molar-refractivity contribution in [3.05, 3.63) is 71.3 Å². The number of H-pyrrole nitrogens is 1. The lowest BCUT2D eigenvalue weighted by molar-refractivity contribution is -0.139. The van der Waals surface area contributed by atoms with Gasteiger partial charge in [0.2, 0.25) is 0 Å². The molecule has 0 unspecified atom stereocenters. The number of likely N-dealkylation sites (tertiary alicyclic amines) is 1. The van der Waals surface area contributed by atoms with Gasteiger partial charge in [-0.2, -0.15) is 13.2 Å². The van der Waals surface area contributed by atoms with Crippen LogP contribution in [0.25, 0.3) is 11.0 Å². The highest BCUT2D eigenvalue weighted by molar-refractivity contribution is 6.36. The number of pyridine rings is 1. The van der Waals surface area contributed by atoms with Crippen LogP contribution in [0, 0.1) is 5.82 Å². The number of nitrogens with one attached hydrogen (secondary N) is 3. The van der Waals surface area contributed by atoms with E-state index in [9.17, 15) is 22.4 Å². The molecule has 14 heteroatoms. The lowest BCUT2D eigenvalue weighted by Crippen LogP contribution is -2.52. The van der Waals surface area contributed by atoms with E-state index in [1.165, 1.54) is 30.5 Å². The zero-order valence-electron chi connectivity index (χ0n) is 22.5. The molecule has 2 aliphatic rings. The van der Waals surface area contributed by atoms with Gasteiger partial charge in [0.25, 0.3) is 0 Å². The van der Waals surface area contributed by atoms with Crippen LogP contribution in [0.4, 0.5) is 33.7 Å². The summed E-state index contributed by atoms with van der Waals surface area (Å²) in [6, 6.07) is 8.03. The van der Waals surface area contributed by atoms with Gasteiger partial charge in [0.05, 0.1) is 40.9 Å². The van der Waals surface area contributed by atoms with Crippen molar-refractivity contribution < 1.29 is 36.6 Å². The highest BCUT2D eigenvalue weighted by Gasteiger charge is 2.36. The summed E-state index contributed by atoms with van der Waals surface area (Å²) in [7, 11) is 0. The maximum Gasteiger partial charge on any atom is 0.420 e. The number of ether oxygens (including phenoxy) is 3. The number of fused-ring (bicyclic) bond motifs is 1. The van der Waals surface area contributed by atoms with Crippen molar-refractivity contribution in [1.82, 2.24) is 14.9 Å². The molecule has 226 valence electrons. The first-order valence-corrected chi connectivity index (χ1v) is 13.9. The third-order valence-corrected chi connectivity index (χ3v) is 7.65. The molecule has 9 nitrogen and oxygen atoms in total. The van der Waals surface area contributed by atoms with Gasteiger partial charge >= 0.3 is 12.2 Å². The van der Waals surface area contributed by atoms with E-state index in [1.54, 1.807) is 12.3 Å². The van der Waals surface area contributed by atoms with Gasteiger partial charge in [0.1, 0.15) is 34.8 Å². The Labute approximate surface area is 248 Å². The Bertz CT molecular complexity index is 1640. The number of carbonyl (C=O) groups is 1. The fourth-order valence-corrected chi connectivity index (χ4v) is 5.29. The zero-order chi connectivity index (χ0) is 30.1. The van der Waals surface area contributed by atoms with Crippen molar-refractivity contribution in [2.24, 2.45) is 0 Å². The second kappa shape index (κ2) is 11.9. The van der Waals surface area contributed by atoms with E-state index in [1.807, 2.05) is 0 Å². The van der Waals surface area contributed by atoms with Crippen LogP contribution in [0.3, 0.4) is 0 Å². The SMILES string of the molecule is O=C(Nc1ccc(OC2CCN(C3COC3)CC2)c(C(F)(F)F)c1)Nc1ccc(Oc2ccnc3[nH]cc(Cl)c23)cc1F. The number of carbonyl (C=O) groups excluding carboxylic acids is 1. The molecule has 0 atom stereocenters. The summed E-state index contributed by atoms with van der Waals surface area (Å²) in [6.07, 6.45) is -0.844. The summed E-state index contributed by atoms with van der Waals surface area (Å²) in [6.45, 7) is 2.80. The summed E-state index contributed by atoms with van der Waals surface area (Å²) in [4.78, 5) is 21.9. The minimum Gasteiger partial charge on any atom is -0.490 e. The van der Waals surface area contributed by atoms with Crippen LogP contribution < -0.4 is 20.1 Å². The number of amides is 2. The molecule has 0 spiro atoms. The van der Waals surface area contributed by atoms with Gasteiger partial charge in [0.15, 0.2) is 0 Å². The van der Waals surface area contributed by atoms with E-state index in [-0.39, 0.29) is 29.0 Å². The van der Waals surface area contributed by atoms with Crippen molar-refractivity contribution >= 4 is 40.0 Å². The molecule has 2 aromatic heterocycles. The number of alkyl halides is 3. The number of anilines is 2. The van der Waals surface area contributed by atoms with Gasteiger partial charge in [-0.25, -0.2) is 14.2 Å². The lowest BCUT2D eigenvalue weighted by Gasteiger charge is -2.41. The standard InChI is InChI=1S/C29H26ClF4N5O4/c30-21-13-36-27-26(21)25(5-8-35-27)43-19-2-3-23(22(31)12-19)38-28(40)37-16-1-4-24(20(11-16)29(32,33)34)42-18-6-9-39(10-7-18)17-14-41-15-17/h1-5,8,11-13,17-18H,6-7,9-10,14-15H2,(H,35,36)(H2,37,38,40). The van der Waals surface area contributed by atoms with E-state index in [2.05, 4.69) is 25.5 Å². The first-order chi connectivity index (χ1) is 20.6. The van der Waals surface area contributed by atoms with Crippen molar-refractivity contribution in [2.45, 2.75) is 31.2 Å². The fraction of sp³-hybridized carbons (Fsp3) is 0.310. The molecule has 0 radical (unpaired) electrons. The molecule has 2 aliphatic heterocycles. The van der Waals surface area contributed by atoms with Crippen molar-refractivity contribution in [3.63, 3.8) is 0 Å². The molecule has 2 amide bonds. The lowest BCUT2D eigenvalue weighted by atomic mass is 10.0.